The van der Waals surface area contributed by atoms with Gasteiger partial charge in [-0.3, -0.25) is 14.8 Å². The molecule has 0 fully saturated rings. The summed E-state index contributed by atoms with van der Waals surface area (Å²) in [7, 11) is 0. The van der Waals surface area contributed by atoms with Crippen LogP contribution in [0.4, 0.5) is 14.5 Å². The molecule has 0 aliphatic rings. The SMILES string of the molecule is CCOC(=O)c1cnn(Cc2cccc([N+](=O)[O-])c2)c1C(F)F. The zero-order valence-electron chi connectivity index (χ0n) is 12.1. The van der Waals surface area contributed by atoms with Crippen molar-refractivity contribution in [1.29, 1.82) is 0 Å². The molecule has 1 aromatic heterocycles. The van der Waals surface area contributed by atoms with E-state index in [2.05, 4.69) is 5.10 Å². The maximum absolute atomic E-state index is 13.3. The van der Waals surface area contributed by atoms with Gasteiger partial charge in [0.1, 0.15) is 11.3 Å². The first-order chi connectivity index (χ1) is 10.9. The summed E-state index contributed by atoms with van der Waals surface area (Å²) in [5.74, 6) is -0.881. The van der Waals surface area contributed by atoms with Gasteiger partial charge in [0.15, 0.2) is 0 Å². The van der Waals surface area contributed by atoms with Crippen LogP contribution < -0.4 is 0 Å². The zero-order valence-corrected chi connectivity index (χ0v) is 12.1. The predicted octanol–water partition coefficient (Wildman–Crippen LogP) is 2.95. The number of hydrogen-bond donors (Lipinski definition) is 0. The summed E-state index contributed by atoms with van der Waals surface area (Å²) in [6.07, 6.45) is -1.92. The van der Waals surface area contributed by atoms with E-state index in [1.807, 2.05) is 0 Å². The van der Waals surface area contributed by atoms with Gasteiger partial charge in [0.2, 0.25) is 0 Å². The van der Waals surface area contributed by atoms with E-state index >= 15 is 0 Å². The molecule has 0 amide bonds. The highest BCUT2D eigenvalue weighted by Gasteiger charge is 2.25. The molecule has 23 heavy (non-hydrogen) atoms. The van der Waals surface area contributed by atoms with Crippen LogP contribution >= 0.6 is 0 Å². The molecule has 0 saturated carbocycles. The van der Waals surface area contributed by atoms with Gasteiger partial charge in [-0.25, -0.2) is 13.6 Å². The molecule has 0 spiro atoms. The third-order valence-corrected chi connectivity index (χ3v) is 3.04. The van der Waals surface area contributed by atoms with Gasteiger partial charge in [-0.05, 0) is 12.5 Å². The second-order valence-corrected chi connectivity index (χ2v) is 4.55. The maximum atomic E-state index is 13.3. The van der Waals surface area contributed by atoms with Crippen molar-refractivity contribution >= 4 is 11.7 Å². The van der Waals surface area contributed by atoms with Crippen molar-refractivity contribution in [2.24, 2.45) is 0 Å². The molecule has 1 aromatic carbocycles. The predicted molar refractivity (Wildman–Crippen MR) is 75.3 cm³/mol. The molecule has 0 unspecified atom stereocenters. The molecule has 2 aromatic rings. The number of nitro groups is 1. The van der Waals surface area contributed by atoms with E-state index in [4.69, 9.17) is 4.74 Å². The molecular formula is C14H13F2N3O4. The number of aromatic nitrogens is 2. The number of halogens is 2. The Morgan fingerprint density at radius 2 is 2.22 bits per heavy atom. The highest BCUT2D eigenvalue weighted by Crippen LogP contribution is 2.25. The molecule has 0 bridgehead atoms. The first kappa shape index (κ1) is 16.5. The quantitative estimate of drug-likeness (QED) is 0.463. The topological polar surface area (TPSA) is 87.3 Å². The van der Waals surface area contributed by atoms with Crippen LogP contribution in [0, 0.1) is 10.1 Å². The Morgan fingerprint density at radius 1 is 1.48 bits per heavy atom. The number of benzene rings is 1. The van der Waals surface area contributed by atoms with E-state index in [1.165, 1.54) is 18.2 Å². The van der Waals surface area contributed by atoms with E-state index < -0.39 is 23.0 Å². The van der Waals surface area contributed by atoms with Gasteiger partial charge in [-0.2, -0.15) is 5.10 Å². The molecular weight excluding hydrogens is 312 g/mol. The number of nitro benzene ring substituents is 1. The molecule has 7 nitrogen and oxygen atoms in total. The van der Waals surface area contributed by atoms with Gasteiger partial charge in [0.25, 0.3) is 12.1 Å². The van der Waals surface area contributed by atoms with Crippen molar-refractivity contribution < 1.29 is 23.2 Å². The van der Waals surface area contributed by atoms with E-state index in [-0.39, 0.29) is 24.4 Å². The Labute approximate surface area is 129 Å². The number of alkyl halides is 2. The number of carbonyl (C=O) groups is 1. The molecule has 0 radical (unpaired) electrons. The second kappa shape index (κ2) is 6.95. The monoisotopic (exact) mass is 325 g/mol. The molecule has 2 rings (SSSR count). The molecule has 0 atom stereocenters. The summed E-state index contributed by atoms with van der Waals surface area (Å²) < 4.78 is 32.2. The zero-order chi connectivity index (χ0) is 17.0. The fourth-order valence-corrected chi connectivity index (χ4v) is 2.06. The van der Waals surface area contributed by atoms with Gasteiger partial charge < -0.3 is 4.74 Å². The maximum Gasteiger partial charge on any atom is 0.341 e. The first-order valence-electron chi connectivity index (χ1n) is 6.68. The van der Waals surface area contributed by atoms with Crippen LogP contribution in [0.2, 0.25) is 0 Å². The minimum absolute atomic E-state index is 0.0531. The minimum Gasteiger partial charge on any atom is -0.462 e. The number of carbonyl (C=O) groups excluding carboxylic acids is 1. The lowest BCUT2D eigenvalue weighted by molar-refractivity contribution is -0.384. The number of nitrogens with zero attached hydrogens (tertiary/aromatic N) is 3. The van der Waals surface area contributed by atoms with Gasteiger partial charge in [-0.15, -0.1) is 0 Å². The van der Waals surface area contributed by atoms with Crippen LogP contribution in [-0.2, 0) is 11.3 Å². The Hall–Kier alpha value is -2.84. The lowest BCUT2D eigenvalue weighted by atomic mass is 10.2. The van der Waals surface area contributed by atoms with Crippen LogP contribution in [0.15, 0.2) is 30.5 Å². The van der Waals surface area contributed by atoms with Crippen LogP contribution in [-0.4, -0.2) is 27.3 Å². The van der Waals surface area contributed by atoms with Crippen molar-refractivity contribution in [3.63, 3.8) is 0 Å². The van der Waals surface area contributed by atoms with Gasteiger partial charge in [0, 0.05) is 12.1 Å². The Kier molecular flexibility index (Phi) is 4.99. The number of ether oxygens (including phenoxy) is 1. The average molecular weight is 325 g/mol. The largest absolute Gasteiger partial charge is 0.462 e. The Bertz CT molecular complexity index is 731. The highest BCUT2D eigenvalue weighted by molar-refractivity contribution is 5.90. The third-order valence-electron chi connectivity index (χ3n) is 3.04. The first-order valence-corrected chi connectivity index (χ1v) is 6.68. The van der Waals surface area contributed by atoms with Crippen LogP contribution in [0.3, 0.4) is 0 Å². The van der Waals surface area contributed by atoms with Crippen molar-refractivity contribution in [1.82, 2.24) is 9.78 Å². The average Bonchev–Trinajstić information content (AvgIpc) is 2.91. The van der Waals surface area contributed by atoms with Crippen LogP contribution in [0.25, 0.3) is 0 Å². The Balaban J connectivity index is 2.35. The highest BCUT2D eigenvalue weighted by atomic mass is 19.3. The molecule has 122 valence electrons. The summed E-state index contributed by atoms with van der Waals surface area (Å²) in [4.78, 5) is 21.9. The smallest absolute Gasteiger partial charge is 0.341 e. The molecule has 0 aliphatic carbocycles. The van der Waals surface area contributed by atoms with Crippen LogP contribution in [0.5, 0.6) is 0 Å². The summed E-state index contributed by atoms with van der Waals surface area (Å²) in [6.45, 7) is 1.49. The molecule has 1 heterocycles. The standard InChI is InChI=1S/C14H13F2N3O4/c1-2-23-14(20)11-7-17-18(12(11)13(15)16)8-9-4-3-5-10(6-9)19(21)22/h3-7,13H,2,8H2,1H3. The fraction of sp³-hybridized carbons (Fsp3) is 0.286. The van der Waals surface area contributed by atoms with E-state index in [9.17, 15) is 23.7 Å². The lowest BCUT2D eigenvalue weighted by Crippen LogP contribution is -2.12. The summed E-state index contributed by atoms with van der Waals surface area (Å²) >= 11 is 0. The van der Waals surface area contributed by atoms with E-state index in [0.29, 0.717) is 5.56 Å². The van der Waals surface area contributed by atoms with E-state index in [0.717, 1.165) is 10.9 Å². The van der Waals surface area contributed by atoms with Crippen molar-refractivity contribution in [2.45, 2.75) is 19.9 Å². The number of hydrogen-bond acceptors (Lipinski definition) is 5. The molecule has 0 N–H and O–H groups in total. The van der Waals surface area contributed by atoms with Crippen molar-refractivity contribution in [3.8, 4) is 0 Å². The summed E-state index contributed by atoms with van der Waals surface area (Å²) in [5, 5.41) is 14.5. The van der Waals surface area contributed by atoms with Crippen LogP contribution in [0.1, 0.15) is 35.0 Å². The lowest BCUT2D eigenvalue weighted by Gasteiger charge is -2.09. The van der Waals surface area contributed by atoms with Gasteiger partial charge in [-0.1, -0.05) is 12.1 Å². The van der Waals surface area contributed by atoms with E-state index in [1.54, 1.807) is 13.0 Å². The number of non-ortho nitro benzene ring substituents is 1. The second-order valence-electron chi connectivity index (χ2n) is 4.55. The molecule has 0 saturated heterocycles. The summed E-state index contributed by atoms with van der Waals surface area (Å²) in [6, 6.07) is 5.56. The molecule has 9 heteroatoms. The minimum atomic E-state index is -2.93. The normalized spacial score (nSPS) is 10.8. The van der Waals surface area contributed by atoms with Gasteiger partial charge >= 0.3 is 5.97 Å². The fourth-order valence-electron chi connectivity index (χ4n) is 2.06. The van der Waals surface area contributed by atoms with Gasteiger partial charge in [0.05, 0.1) is 24.3 Å². The number of esters is 1. The van der Waals surface area contributed by atoms with Crippen molar-refractivity contribution in [2.75, 3.05) is 6.61 Å². The molecule has 0 aliphatic heterocycles. The third kappa shape index (κ3) is 3.68. The Morgan fingerprint density at radius 3 is 2.83 bits per heavy atom. The van der Waals surface area contributed by atoms with Crippen molar-refractivity contribution in [3.05, 3.63) is 57.4 Å². The number of rotatable bonds is 6. The summed E-state index contributed by atoms with van der Waals surface area (Å²) in [5.41, 5.74) is -0.624.